The van der Waals surface area contributed by atoms with Crippen LogP contribution in [0.1, 0.15) is 23.2 Å². The lowest BCUT2D eigenvalue weighted by molar-refractivity contribution is 0.104. The lowest BCUT2D eigenvalue weighted by atomic mass is 10.1. The minimum atomic E-state index is 0.110. The quantitative estimate of drug-likeness (QED) is 0.630. The van der Waals surface area contributed by atoms with E-state index < -0.39 is 0 Å². The van der Waals surface area contributed by atoms with Gasteiger partial charge in [0.05, 0.1) is 5.03 Å². The molecule has 4 rings (SSSR count). The fourth-order valence-electron chi connectivity index (χ4n) is 3.23. The minimum Gasteiger partial charge on any atom is -0.362 e. The Morgan fingerprint density at radius 2 is 1.86 bits per heavy atom. The number of thioether (sulfide) groups is 1. The molecule has 0 spiro atoms. The van der Waals surface area contributed by atoms with Crippen molar-refractivity contribution >= 4 is 17.5 Å². The molecule has 0 aromatic heterocycles. The SMILES string of the molecule is CS/C(=C/C(=O)c1ccccc1)N1CCN2CCC1CC2. The number of nitrogens with zero attached hydrogens (tertiary/aromatic N) is 2. The van der Waals surface area contributed by atoms with Crippen molar-refractivity contribution in [3.05, 3.63) is 47.0 Å². The van der Waals surface area contributed by atoms with Gasteiger partial charge < -0.3 is 9.80 Å². The maximum Gasteiger partial charge on any atom is 0.188 e. The Bertz CT molecular complexity index is 521. The molecule has 3 heterocycles. The third kappa shape index (κ3) is 3.33. The van der Waals surface area contributed by atoms with E-state index in [4.69, 9.17) is 0 Å². The van der Waals surface area contributed by atoms with Crippen LogP contribution in [0.4, 0.5) is 0 Å². The molecule has 3 fully saturated rings. The average molecular weight is 302 g/mol. The van der Waals surface area contributed by atoms with Gasteiger partial charge in [-0.3, -0.25) is 4.79 Å². The molecule has 0 radical (unpaired) electrons. The third-order valence-electron chi connectivity index (χ3n) is 4.46. The second-order valence-corrected chi connectivity index (χ2v) is 6.51. The van der Waals surface area contributed by atoms with Crippen molar-refractivity contribution in [1.29, 1.82) is 0 Å². The van der Waals surface area contributed by atoms with E-state index >= 15 is 0 Å². The normalized spacial score (nSPS) is 25.8. The van der Waals surface area contributed by atoms with Crippen LogP contribution in [0.25, 0.3) is 0 Å². The van der Waals surface area contributed by atoms with Crippen LogP contribution in [0.2, 0.25) is 0 Å². The number of hydrogen-bond acceptors (Lipinski definition) is 4. The molecule has 2 bridgehead atoms. The number of benzene rings is 1. The Balaban J connectivity index is 1.80. The second kappa shape index (κ2) is 6.67. The van der Waals surface area contributed by atoms with Crippen LogP contribution in [-0.2, 0) is 0 Å². The Morgan fingerprint density at radius 3 is 2.52 bits per heavy atom. The number of carbonyl (C=O) groups is 1. The lowest BCUT2D eigenvalue weighted by Gasteiger charge is -2.33. The number of rotatable bonds is 4. The Labute approximate surface area is 131 Å². The molecule has 3 aliphatic rings. The van der Waals surface area contributed by atoms with Crippen LogP contribution in [0, 0.1) is 0 Å². The molecule has 3 nitrogen and oxygen atoms in total. The predicted molar refractivity (Wildman–Crippen MR) is 88.5 cm³/mol. The largest absolute Gasteiger partial charge is 0.362 e. The lowest BCUT2D eigenvalue weighted by Crippen LogP contribution is -2.37. The minimum absolute atomic E-state index is 0.110. The van der Waals surface area contributed by atoms with Crippen molar-refractivity contribution in [2.24, 2.45) is 0 Å². The van der Waals surface area contributed by atoms with Gasteiger partial charge >= 0.3 is 0 Å². The summed E-state index contributed by atoms with van der Waals surface area (Å²) in [6.07, 6.45) is 6.34. The molecule has 0 saturated carbocycles. The van der Waals surface area contributed by atoms with E-state index in [2.05, 4.69) is 16.1 Å². The molecule has 1 aromatic rings. The van der Waals surface area contributed by atoms with Crippen molar-refractivity contribution in [1.82, 2.24) is 9.80 Å². The summed E-state index contributed by atoms with van der Waals surface area (Å²) in [4.78, 5) is 17.4. The van der Waals surface area contributed by atoms with Gasteiger partial charge in [-0.15, -0.1) is 11.8 Å². The van der Waals surface area contributed by atoms with Gasteiger partial charge in [-0.25, -0.2) is 0 Å². The summed E-state index contributed by atoms with van der Waals surface area (Å²) >= 11 is 1.69. The second-order valence-electron chi connectivity index (χ2n) is 5.68. The Morgan fingerprint density at radius 1 is 1.14 bits per heavy atom. The van der Waals surface area contributed by atoms with Gasteiger partial charge in [0.15, 0.2) is 5.78 Å². The van der Waals surface area contributed by atoms with Gasteiger partial charge in [0, 0.05) is 43.9 Å². The van der Waals surface area contributed by atoms with Crippen molar-refractivity contribution < 1.29 is 4.79 Å². The summed E-state index contributed by atoms with van der Waals surface area (Å²) in [7, 11) is 0. The van der Waals surface area contributed by atoms with Gasteiger partial charge in [-0.2, -0.15) is 0 Å². The van der Waals surface area contributed by atoms with Gasteiger partial charge in [-0.05, 0) is 19.1 Å². The van der Waals surface area contributed by atoms with Gasteiger partial charge in [-0.1, -0.05) is 30.3 Å². The maximum atomic E-state index is 12.4. The van der Waals surface area contributed by atoms with Crippen LogP contribution in [0.5, 0.6) is 0 Å². The monoisotopic (exact) mass is 302 g/mol. The summed E-state index contributed by atoms with van der Waals surface area (Å²) in [5.41, 5.74) is 0.770. The molecule has 1 aromatic carbocycles. The van der Waals surface area contributed by atoms with Crippen LogP contribution in [0.15, 0.2) is 41.4 Å². The molecule has 112 valence electrons. The first-order valence-corrected chi connectivity index (χ1v) is 8.84. The van der Waals surface area contributed by atoms with E-state index in [-0.39, 0.29) is 5.78 Å². The van der Waals surface area contributed by atoms with E-state index in [1.807, 2.05) is 36.4 Å². The standard InChI is InChI=1S/C17H22N2OS/c1-21-17(13-16(20)14-5-3-2-4-6-14)19-12-11-18-9-7-15(19)8-10-18/h2-6,13,15H,7-12H2,1H3/b17-13+. The maximum absolute atomic E-state index is 12.4. The highest BCUT2D eigenvalue weighted by atomic mass is 32.2. The molecule has 0 N–H and O–H groups in total. The topological polar surface area (TPSA) is 23.6 Å². The molecule has 21 heavy (non-hydrogen) atoms. The van der Waals surface area contributed by atoms with E-state index in [1.54, 1.807) is 11.8 Å². The summed E-state index contributed by atoms with van der Waals surface area (Å²) in [5, 5.41) is 1.12. The van der Waals surface area contributed by atoms with Crippen molar-refractivity contribution in [2.45, 2.75) is 18.9 Å². The molecule has 0 unspecified atom stereocenters. The first kappa shape index (κ1) is 14.7. The highest BCUT2D eigenvalue weighted by molar-refractivity contribution is 8.02. The van der Waals surface area contributed by atoms with Crippen LogP contribution in [-0.4, -0.2) is 54.1 Å². The van der Waals surface area contributed by atoms with Crippen LogP contribution in [0.3, 0.4) is 0 Å². The number of hydrogen-bond donors (Lipinski definition) is 0. The summed E-state index contributed by atoms with van der Waals surface area (Å²) in [5.74, 6) is 0.110. The molecule has 0 amide bonds. The number of fused-ring (bicyclic) bond motifs is 4. The van der Waals surface area contributed by atoms with E-state index in [9.17, 15) is 4.79 Å². The first-order chi connectivity index (χ1) is 10.3. The summed E-state index contributed by atoms with van der Waals surface area (Å²) in [6, 6.07) is 10.2. The number of carbonyl (C=O) groups excluding carboxylic acids is 1. The van der Waals surface area contributed by atoms with E-state index in [0.717, 1.165) is 23.7 Å². The molecule has 0 aliphatic carbocycles. The van der Waals surface area contributed by atoms with Crippen molar-refractivity contribution in [2.75, 3.05) is 32.4 Å². The van der Waals surface area contributed by atoms with Crippen LogP contribution < -0.4 is 0 Å². The zero-order valence-corrected chi connectivity index (χ0v) is 13.3. The molecular weight excluding hydrogens is 280 g/mol. The van der Waals surface area contributed by atoms with Crippen LogP contribution >= 0.6 is 11.8 Å². The van der Waals surface area contributed by atoms with Crippen molar-refractivity contribution in [3.8, 4) is 0 Å². The fraction of sp³-hybridized carbons (Fsp3) is 0.471. The van der Waals surface area contributed by atoms with Gasteiger partial charge in [0.25, 0.3) is 0 Å². The third-order valence-corrected chi connectivity index (χ3v) is 5.23. The molecule has 4 heteroatoms. The molecule has 3 saturated heterocycles. The molecule has 0 atom stereocenters. The molecular formula is C17H22N2OS. The van der Waals surface area contributed by atoms with E-state index in [1.165, 1.54) is 25.9 Å². The summed E-state index contributed by atoms with van der Waals surface area (Å²) < 4.78 is 0. The number of ketones is 1. The smallest absolute Gasteiger partial charge is 0.188 e. The summed E-state index contributed by atoms with van der Waals surface area (Å²) in [6.45, 7) is 4.57. The predicted octanol–water partition coefficient (Wildman–Crippen LogP) is 2.85. The van der Waals surface area contributed by atoms with E-state index in [0.29, 0.717) is 6.04 Å². The van der Waals surface area contributed by atoms with Gasteiger partial charge in [0.1, 0.15) is 0 Å². The highest BCUT2D eigenvalue weighted by Gasteiger charge is 2.30. The first-order valence-electron chi connectivity index (χ1n) is 7.62. The zero-order valence-electron chi connectivity index (χ0n) is 12.5. The Kier molecular flexibility index (Phi) is 4.66. The number of allylic oxidation sites excluding steroid dienone is 1. The van der Waals surface area contributed by atoms with Gasteiger partial charge in [0.2, 0.25) is 0 Å². The fourth-order valence-corrected chi connectivity index (χ4v) is 3.93. The Hall–Kier alpha value is -1.26. The van der Waals surface area contributed by atoms with Crippen molar-refractivity contribution in [3.63, 3.8) is 0 Å². The molecule has 3 aliphatic heterocycles. The highest BCUT2D eigenvalue weighted by Crippen LogP contribution is 2.29. The average Bonchev–Trinajstić information content (AvgIpc) is 2.87. The zero-order chi connectivity index (χ0) is 14.7. The number of piperidine rings is 1.